The molecule has 106 valence electrons. The van der Waals surface area contributed by atoms with Crippen molar-refractivity contribution in [2.75, 3.05) is 6.54 Å². The molecule has 0 aromatic heterocycles. The molecule has 18 heavy (non-hydrogen) atoms. The number of nitrogens with one attached hydrogen (secondary N) is 2. The van der Waals surface area contributed by atoms with E-state index in [9.17, 15) is 4.79 Å². The maximum atomic E-state index is 11.7. The van der Waals surface area contributed by atoms with Gasteiger partial charge in [0.2, 0.25) is 5.91 Å². The molecule has 0 bridgehead atoms. The van der Waals surface area contributed by atoms with Crippen molar-refractivity contribution in [1.29, 1.82) is 0 Å². The molecule has 0 spiro atoms. The van der Waals surface area contributed by atoms with Crippen LogP contribution in [0, 0.1) is 11.8 Å². The van der Waals surface area contributed by atoms with Crippen LogP contribution in [-0.2, 0) is 4.79 Å². The van der Waals surface area contributed by atoms with Gasteiger partial charge in [-0.05, 0) is 51.9 Å². The lowest BCUT2D eigenvalue weighted by Gasteiger charge is -2.32. The summed E-state index contributed by atoms with van der Waals surface area (Å²) in [5, 5.41) is 6.52. The van der Waals surface area contributed by atoms with Crippen molar-refractivity contribution in [3.05, 3.63) is 0 Å². The van der Waals surface area contributed by atoms with Crippen LogP contribution in [0.15, 0.2) is 0 Å². The first kappa shape index (κ1) is 15.5. The molecular formula is C15H30N2O. The third-order valence-corrected chi connectivity index (χ3v) is 3.90. The van der Waals surface area contributed by atoms with Gasteiger partial charge in [-0.3, -0.25) is 4.79 Å². The van der Waals surface area contributed by atoms with Gasteiger partial charge in [-0.2, -0.15) is 0 Å². The molecule has 0 aromatic carbocycles. The van der Waals surface area contributed by atoms with Gasteiger partial charge < -0.3 is 10.6 Å². The zero-order valence-electron chi connectivity index (χ0n) is 12.7. The second kappa shape index (κ2) is 6.55. The van der Waals surface area contributed by atoms with Gasteiger partial charge in [0.15, 0.2) is 0 Å². The van der Waals surface area contributed by atoms with Crippen LogP contribution in [0.4, 0.5) is 0 Å². The van der Waals surface area contributed by atoms with E-state index in [1.54, 1.807) is 0 Å². The van der Waals surface area contributed by atoms with Crippen molar-refractivity contribution < 1.29 is 4.79 Å². The molecule has 1 aliphatic rings. The SMILES string of the molecule is CC1CCC(NCCC(=O)NC(C)(C)C)CC1C. The van der Waals surface area contributed by atoms with E-state index in [0.717, 1.165) is 18.4 Å². The molecule has 1 amide bonds. The molecule has 3 unspecified atom stereocenters. The first-order valence-electron chi connectivity index (χ1n) is 7.32. The molecule has 0 heterocycles. The summed E-state index contributed by atoms with van der Waals surface area (Å²) >= 11 is 0. The highest BCUT2D eigenvalue weighted by molar-refractivity contribution is 5.76. The number of hydrogen-bond acceptors (Lipinski definition) is 2. The lowest BCUT2D eigenvalue weighted by molar-refractivity contribution is -0.122. The summed E-state index contributed by atoms with van der Waals surface area (Å²) in [4.78, 5) is 11.7. The molecule has 0 aliphatic heterocycles. The lowest BCUT2D eigenvalue weighted by Crippen LogP contribution is -2.43. The van der Waals surface area contributed by atoms with E-state index in [4.69, 9.17) is 0 Å². The summed E-state index contributed by atoms with van der Waals surface area (Å²) in [6.45, 7) is 11.5. The Morgan fingerprint density at radius 2 is 1.83 bits per heavy atom. The average Bonchev–Trinajstić information content (AvgIpc) is 2.20. The average molecular weight is 254 g/mol. The largest absolute Gasteiger partial charge is 0.351 e. The maximum absolute atomic E-state index is 11.7. The Hall–Kier alpha value is -0.570. The summed E-state index contributed by atoms with van der Waals surface area (Å²) in [5.74, 6) is 1.80. The standard InChI is InChI=1S/C15H30N2O/c1-11-6-7-13(10-12(11)2)16-9-8-14(18)17-15(3,4)5/h11-13,16H,6-10H2,1-5H3,(H,17,18). The molecule has 3 nitrogen and oxygen atoms in total. The van der Waals surface area contributed by atoms with E-state index in [-0.39, 0.29) is 11.4 Å². The molecule has 1 fully saturated rings. The zero-order valence-corrected chi connectivity index (χ0v) is 12.7. The van der Waals surface area contributed by atoms with Crippen LogP contribution in [0.1, 0.15) is 60.3 Å². The van der Waals surface area contributed by atoms with Crippen LogP contribution >= 0.6 is 0 Å². The van der Waals surface area contributed by atoms with Crippen LogP contribution < -0.4 is 10.6 Å². The van der Waals surface area contributed by atoms with Crippen molar-refractivity contribution >= 4 is 5.91 Å². The molecule has 2 N–H and O–H groups in total. The fraction of sp³-hybridized carbons (Fsp3) is 0.933. The highest BCUT2D eigenvalue weighted by Gasteiger charge is 2.24. The van der Waals surface area contributed by atoms with Gasteiger partial charge >= 0.3 is 0 Å². The maximum Gasteiger partial charge on any atom is 0.221 e. The van der Waals surface area contributed by atoms with Crippen LogP contribution in [0.3, 0.4) is 0 Å². The van der Waals surface area contributed by atoms with Crippen LogP contribution in [-0.4, -0.2) is 24.0 Å². The van der Waals surface area contributed by atoms with Crippen LogP contribution in [0.25, 0.3) is 0 Å². The normalized spacial score (nSPS) is 29.1. The minimum atomic E-state index is -0.119. The van der Waals surface area contributed by atoms with Gasteiger partial charge in [-0.25, -0.2) is 0 Å². The van der Waals surface area contributed by atoms with Crippen molar-refractivity contribution in [1.82, 2.24) is 10.6 Å². The van der Waals surface area contributed by atoms with Gasteiger partial charge in [-0.1, -0.05) is 13.8 Å². The van der Waals surface area contributed by atoms with E-state index in [1.807, 2.05) is 20.8 Å². The Morgan fingerprint density at radius 1 is 1.17 bits per heavy atom. The van der Waals surface area contributed by atoms with Crippen molar-refractivity contribution in [3.8, 4) is 0 Å². The lowest BCUT2D eigenvalue weighted by atomic mass is 9.79. The van der Waals surface area contributed by atoms with Crippen LogP contribution in [0.5, 0.6) is 0 Å². The Morgan fingerprint density at radius 3 is 2.39 bits per heavy atom. The quantitative estimate of drug-likeness (QED) is 0.810. The summed E-state index contributed by atoms with van der Waals surface area (Å²) in [5.41, 5.74) is -0.119. The summed E-state index contributed by atoms with van der Waals surface area (Å²) in [6.07, 6.45) is 4.40. The minimum Gasteiger partial charge on any atom is -0.351 e. The molecule has 3 atom stereocenters. The summed E-state index contributed by atoms with van der Waals surface area (Å²) < 4.78 is 0. The minimum absolute atomic E-state index is 0.119. The number of rotatable bonds is 4. The number of carbonyl (C=O) groups excluding carboxylic acids is 1. The zero-order chi connectivity index (χ0) is 13.8. The smallest absolute Gasteiger partial charge is 0.221 e. The van der Waals surface area contributed by atoms with Crippen molar-refractivity contribution in [2.45, 2.75) is 71.9 Å². The molecule has 0 saturated heterocycles. The highest BCUT2D eigenvalue weighted by atomic mass is 16.1. The number of amides is 1. The topological polar surface area (TPSA) is 41.1 Å². The molecule has 0 aromatic rings. The van der Waals surface area contributed by atoms with E-state index < -0.39 is 0 Å². The molecule has 1 saturated carbocycles. The van der Waals surface area contributed by atoms with E-state index in [2.05, 4.69) is 24.5 Å². The van der Waals surface area contributed by atoms with Gasteiger partial charge in [0, 0.05) is 24.5 Å². The molecule has 0 radical (unpaired) electrons. The van der Waals surface area contributed by atoms with E-state index in [0.29, 0.717) is 12.5 Å². The number of hydrogen-bond donors (Lipinski definition) is 2. The molecular weight excluding hydrogens is 224 g/mol. The Labute approximate surface area is 112 Å². The predicted molar refractivity (Wildman–Crippen MR) is 76.5 cm³/mol. The first-order chi connectivity index (χ1) is 8.28. The second-order valence-electron chi connectivity index (χ2n) is 6.97. The highest BCUT2D eigenvalue weighted by Crippen LogP contribution is 2.29. The fourth-order valence-electron chi connectivity index (χ4n) is 2.60. The molecule has 3 heteroatoms. The first-order valence-corrected chi connectivity index (χ1v) is 7.32. The summed E-state index contributed by atoms with van der Waals surface area (Å²) in [6, 6.07) is 0.610. The van der Waals surface area contributed by atoms with Crippen LogP contribution in [0.2, 0.25) is 0 Å². The third kappa shape index (κ3) is 5.85. The van der Waals surface area contributed by atoms with E-state index in [1.165, 1.54) is 19.3 Å². The molecule has 1 rings (SSSR count). The third-order valence-electron chi connectivity index (χ3n) is 3.90. The Balaban J connectivity index is 2.16. The van der Waals surface area contributed by atoms with Gasteiger partial charge in [0.25, 0.3) is 0 Å². The molecule has 1 aliphatic carbocycles. The van der Waals surface area contributed by atoms with Crippen molar-refractivity contribution in [3.63, 3.8) is 0 Å². The second-order valence-corrected chi connectivity index (χ2v) is 6.97. The Bertz CT molecular complexity index is 270. The number of carbonyl (C=O) groups is 1. The fourth-order valence-corrected chi connectivity index (χ4v) is 2.60. The Kier molecular flexibility index (Phi) is 5.64. The van der Waals surface area contributed by atoms with E-state index >= 15 is 0 Å². The summed E-state index contributed by atoms with van der Waals surface area (Å²) in [7, 11) is 0. The van der Waals surface area contributed by atoms with Crippen molar-refractivity contribution in [2.24, 2.45) is 11.8 Å². The van der Waals surface area contributed by atoms with Gasteiger partial charge in [0.1, 0.15) is 0 Å². The van der Waals surface area contributed by atoms with Gasteiger partial charge in [0.05, 0.1) is 0 Å². The monoisotopic (exact) mass is 254 g/mol. The predicted octanol–water partition coefficient (Wildman–Crippen LogP) is 2.71. The van der Waals surface area contributed by atoms with Gasteiger partial charge in [-0.15, -0.1) is 0 Å².